The van der Waals surface area contributed by atoms with Crippen molar-refractivity contribution in [3.63, 3.8) is 0 Å². The summed E-state index contributed by atoms with van der Waals surface area (Å²) in [6.07, 6.45) is 5.35. The van der Waals surface area contributed by atoms with Gasteiger partial charge in [0.25, 0.3) is 0 Å². The Bertz CT molecular complexity index is 804. The highest BCUT2D eigenvalue weighted by atomic mass is 35.5. The summed E-state index contributed by atoms with van der Waals surface area (Å²) in [4.78, 5) is 6.22. The number of unbranched alkanes of at least 4 members (excludes halogenated alkanes) is 1. The Morgan fingerprint density at radius 1 is 1.09 bits per heavy atom. The third-order valence-electron chi connectivity index (χ3n) is 4.02. The van der Waals surface area contributed by atoms with Gasteiger partial charge in [-0.2, -0.15) is 0 Å². The normalized spacial score (nSPS) is 9.06. The van der Waals surface area contributed by atoms with Crippen LogP contribution in [-0.4, -0.2) is 29.9 Å². The van der Waals surface area contributed by atoms with Crippen molar-refractivity contribution in [3.8, 4) is 0 Å². The highest BCUT2D eigenvalue weighted by Gasteiger charge is 2.18. The average Bonchev–Trinajstić information content (AvgIpc) is 2.80. The van der Waals surface area contributed by atoms with Crippen molar-refractivity contribution >= 4 is 52.4 Å². The van der Waals surface area contributed by atoms with Crippen molar-refractivity contribution in [2.75, 3.05) is 23.8 Å². The van der Waals surface area contributed by atoms with Gasteiger partial charge in [-0.1, -0.05) is 84.2 Å². The Hall–Kier alpha value is -2.24. The Labute approximate surface area is 205 Å². The lowest BCUT2D eigenvalue weighted by Gasteiger charge is -2.24. The Kier molecular flexibility index (Phi) is 18.3. The molecule has 0 atom stereocenters. The zero-order chi connectivity index (χ0) is 25.3. The summed E-state index contributed by atoms with van der Waals surface area (Å²) >= 11 is 12.0. The first-order valence-electron chi connectivity index (χ1n) is 11.1. The molecule has 1 aromatic carbocycles. The summed E-state index contributed by atoms with van der Waals surface area (Å²) < 4.78 is 0. The lowest BCUT2D eigenvalue weighted by Crippen LogP contribution is -2.20. The third-order valence-corrected chi connectivity index (χ3v) is 4.46. The molecule has 2 rings (SSSR count). The van der Waals surface area contributed by atoms with Crippen LogP contribution in [0.1, 0.15) is 72.4 Å². The molecular formula is C25H40Cl2N4O. The van der Waals surface area contributed by atoms with Crippen molar-refractivity contribution in [2.45, 2.75) is 61.3 Å². The maximum Gasteiger partial charge on any atom is 0.141 e. The molecule has 0 spiro atoms. The minimum absolute atomic E-state index is 0.0988. The first kappa shape index (κ1) is 31.9. The first-order chi connectivity index (χ1) is 15.3. The highest BCUT2D eigenvalue weighted by Crippen LogP contribution is 2.33. The summed E-state index contributed by atoms with van der Waals surface area (Å²) in [5, 5.41) is 21.7. The SMILES string of the molecule is C=C(O)c1cnc(Nc2cc(Cl)cc(Cl)c2)c(C=N)c1N(C)CC.CC.CC.CCCC. The van der Waals surface area contributed by atoms with Crippen molar-refractivity contribution in [2.24, 2.45) is 0 Å². The van der Waals surface area contributed by atoms with Crippen molar-refractivity contribution in [1.82, 2.24) is 4.98 Å². The molecule has 3 N–H and O–H groups in total. The van der Waals surface area contributed by atoms with Crippen LogP contribution in [0.15, 0.2) is 31.0 Å². The number of pyridine rings is 1. The second-order valence-corrected chi connectivity index (χ2v) is 7.04. The summed E-state index contributed by atoms with van der Waals surface area (Å²) in [7, 11) is 1.87. The number of aliphatic hydroxyl groups is 1. The van der Waals surface area contributed by atoms with Crippen LogP contribution in [0.4, 0.5) is 17.2 Å². The number of halogens is 2. The van der Waals surface area contributed by atoms with Gasteiger partial charge in [0, 0.05) is 41.7 Å². The van der Waals surface area contributed by atoms with Crippen molar-refractivity contribution in [1.29, 1.82) is 5.41 Å². The topological polar surface area (TPSA) is 72.2 Å². The summed E-state index contributed by atoms with van der Waals surface area (Å²) in [5.41, 5.74) is 2.34. The van der Waals surface area contributed by atoms with Crippen LogP contribution in [-0.2, 0) is 0 Å². The van der Waals surface area contributed by atoms with Crippen LogP contribution in [0, 0.1) is 5.41 Å². The van der Waals surface area contributed by atoms with Crippen LogP contribution in [0.2, 0.25) is 10.0 Å². The van der Waals surface area contributed by atoms with E-state index in [4.69, 9.17) is 28.6 Å². The molecule has 0 radical (unpaired) electrons. The monoisotopic (exact) mass is 482 g/mol. The number of aromatic nitrogens is 1. The van der Waals surface area contributed by atoms with E-state index in [1.165, 1.54) is 25.3 Å². The lowest BCUT2D eigenvalue weighted by atomic mass is 10.1. The molecule has 0 aliphatic rings. The molecule has 0 fully saturated rings. The molecule has 0 saturated carbocycles. The van der Waals surface area contributed by atoms with Gasteiger partial charge in [0.2, 0.25) is 0 Å². The van der Waals surface area contributed by atoms with Gasteiger partial charge < -0.3 is 20.7 Å². The second kappa shape index (κ2) is 18.3. The van der Waals surface area contributed by atoms with E-state index in [0.717, 1.165) is 0 Å². The van der Waals surface area contributed by atoms with Crippen LogP contribution in [0.5, 0.6) is 0 Å². The van der Waals surface area contributed by atoms with Crippen LogP contribution < -0.4 is 10.2 Å². The van der Waals surface area contributed by atoms with Crippen LogP contribution in [0.25, 0.3) is 5.76 Å². The molecule has 0 aliphatic carbocycles. The van der Waals surface area contributed by atoms with Gasteiger partial charge in [-0.05, 0) is 25.1 Å². The van der Waals surface area contributed by atoms with Gasteiger partial charge in [-0.25, -0.2) is 4.98 Å². The minimum Gasteiger partial charge on any atom is -0.508 e. The number of anilines is 3. The maximum atomic E-state index is 9.83. The first-order valence-corrected chi connectivity index (χ1v) is 11.9. The maximum absolute atomic E-state index is 9.83. The highest BCUT2D eigenvalue weighted by molar-refractivity contribution is 6.35. The molecule has 0 aliphatic heterocycles. The average molecular weight is 484 g/mol. The number of hydrogen-bond acceptors (Lipinski definition) is 5. The van der Waals surface area contributed by atoms with Crippen LogP contribution >= 0.6 is 23.2 Å². The Morgan fingerprint density at radius 2 is 1.59 bits per heavy atom. The van der Waals surface area contributed by atoms with E-state index in [9.17, 15) is 5.11 Å². The molecular weight excluding hydrogens is 443 g/mol. The minimum atomic E-state index is -0.0988. The van der Waals surface area contributed by atoms with E-state index in [2.05, 4.69) is 30.7 Å². The fourth-order valence-corrected chi connectivity index (χ4v) is 2.82. The van der Waals surface area contributed by atoms with E-state index >= 15 is 0 Å². The molecule has 1 heterocycles. The molecule has 1 aromatic heterocycles. The number of nitrogens with one attached hydrogen (secondary N) is 2. The largest absolute Gasteiger partial charge is 0.508 e. The Balaban J connectivity index is 0. The predicted octanol–water partition coefficient (Wildman–Crippen LogP) is 8.97. The smallest absolute Gasteiger partial charge is 0.141 e. The number of benzene rings is 1. The third kappa shape index (κ3) is 10.4. The summed E-state index contributed by atoms with van der Waals surface area (Å²) in [6, 6.07) is 5.06. The number of nitrogens with zero attached hydrogens (tertiary/aromatic N) is 2. The molecule has 0 amide bonds. The zero-order valence-electron chi connectivity index (χ0n) is 20.8. The van der Waals surface area contributed by atoms with E-state index in [0.29, 0.717) is 44.9 Å². The molecule has 5 nitrogen and oxygen atoms in total. The molecule has 7 heteroatoms. The molecule has 0 bridgehead atoms. The number of aliphatic hydroxyl groups excluding tert-OH is 1. The summed E-state index contributed by atoms with van der Waals surface area (Å²) in [5.74, 6) is 0.363. The van der Waals surface area contributed by atoms with E-state index in [-0.39, 0.29) is 5.76 Å². The summed E-state index contributed by atoms with van der Waals surface area (Å²) in [6.45, 7) is 18.6. The Morgan fingerprint density at radius 3 is 1.97 bits per heavy atom. The van der Waals surface area contributed by atoms with E-state index < -0.39 is 0 Å². The quantitative estimate of drug-likeness (QED) is 0.271. The van der Waals surface area contributed by atoms with Gasteiger partial charge in [0.15, 0.2) is 0 Å². The van der Waals surface area contributed by atoms with Gasteiger partial charge in [-0.3, -0.25) is 0 Å². The molecule has 32 heavy (non-hydrogen) atoms. The van der Waals surface area contributed by atoms with Crippen molar-refractivity contribution in [3.05, 3.63) is 52.1 Å². The fraction of sp³-hybridized carbons (Fsp3) is 0.440. The van der Waals surface area contributed by atoms with Gasteiger partial charge in [-0.15, -0.1) is 0 Å². The number of hydrogen-bond donors (Lipinski definition) is 3. The van der Waals surface area contributed by atoms with Gasteiger partial charge >= 0.3 is 0 Å². The molecule has 2 aromatic rings. The van der Waals surface area contributed by atoms with Crippen molar-refractivity contribution < 1.29 is 5.11 Å². The second-order valence-electron chi connectivity index (χ2n) is 6.17. The zero-order valence-corrected chi connectivity index (χ0v) is 22.3. The number of rotatable bonds is 7. The van der Waals surface area contributed by atoms with E-state index in [1.54, 1.807) is 18.2 Å². The van der Waals surface area contributed by atoms with Crippen LogP contribution in [0.3, 0.4) is 0 Å². The van der Waals surface area contributed by atoms with E-state index in [1.807, 2.05) is 46.6 Å². The fourth-order valence-electron chi connectivity index (χ4n) is 2.30. The molecule has 0 unspecified atom stereocenters. The molecule has 180 valence electrons. The standard InChI is InChI=1S/C17H18Cl2N4O.C4H10.2C2H6/c1-4-23(3)16-14(8-20)17(21-9-15(16)10(2)24)22-13-6-11(18)5-12(19)7-13;1-3-4-2;2*1-2/h5-9,20,24H,2,4H2,1,3H3,(H,21,22);3-4H2,1-2H3;2*1-2H3. The van der Waals surface area contributed by atoms with Gasteiger partial charge in [0.1, 0.15) is 11.6 Å². The predicted molar refractivity (Wildman–Crippen MR) is 146 cm³/mol. The molecule has 0 saturated heterocycles. The van der Waals surface area contributed by atoms with Gasteiger partial charge in [0.05, 0.1) is 16.8 Å². The lowest BCUT2D eigenvalue weighted by molar-refractivity contribution is 0.513.